The molecule has 1 aliphatic heterocycles. The summed E-state index contributed by atoms with van der Waals surface area (Å²) in [6.07, 6.45) is 7.75. The van der Waals surface area contributed by atoms with Crippen LogP contribution in [0.2, 0.25) is 0 Å². The molecule has 0 unspecified atom stereocenters. The smallest absolute Gasteiger partial charge is 0.351 e. The Bertz CT molecular complexity index is 740. The average molecular weight is 387 g/mol. The lowest BCUT2D eigenvalue weighted by Crippen LogP contribution is -2.20. The molecule has 1 saturated carbocycles. The second kappa shape index (κ2) is 7.67. The van der Waals surface area contributed by atoms with Crippen LogP contribution in [0.15, 0.2) is 40.0 Å². The first-order chi connectivity index (χ1) is 11.7. The molecule has 0 amide bonds. The van der Waals surface area contributed by atoms with Gasteiger partial charge in [-0.15, -0.1) is 0 Å². The van der Waals surface area contributed by atoms with Crippen molar-refractivity contribution >= 4 is 33.7 Å². The van der Waals surface area contributed by atoms with Crippen LogP contribution in [-0.4, -0.2) is 12.6 Å². The van der Waals surface area contributed by atoms with Crippen LogP contribution in [0.1, 0.15) is 37.7 Å². The number of para-hydroxylation sites is 1. The molecule has 0 spiro atoms. The summed E-state index contributed by atoms with van der Waals surface area (Å²) in [6, 6.07) is 9.72. The molecule has 0 bridgehead atoms. The Labute approximate surface area is 150 Å². The third-order valence-corrected chi connectivity index (χ3v) is 5.11. The van der Waals surface area contributed by atoms with Crippen LogP contribution < -0.4 is 5.32 Å². The number of allylic oxidation sites excluding steroid dienone is 1. The van der Waals surface area contributed by atoms with E-state index in [0.29, 0.717) is 22.7 Å². The molecule has 1 aromatic carbocycles. The molecule has 4 nitrogen and oxygen atoms in total. The summed E-state index contributed by atoms with van der Waals surface area (Å²) in [6.45, 7) is 0.398. The van der Waals surface area contributed by atoms with E-state index >= 15 is 0 Å². The van der Waals surface area contributed by atoms with E-state index in [2.05, 4.69) is 21.2 Å². The van der Waals surface area contributed by atoms with Crippen LogP contribution in [0.5, 0.6) is 0 Å². The highest BCUT2D eigenvalue weighted by atomic mass is 79.9. The second-order valence-electron chi connectivity index (χ2n) is 6.17. The number of fused-ring (bicyclic) bond motifs is 1. The SMILES string of the molecule is N#C/C(C(=O)OCC1CCCCC1)=C1\Nc2ccccc2C=C1Br. The lowest BCUT2D eigenvalue weighted by Gasteiger charge is -2.22. The lowest BCUT2D eigenvalue weighted by atomic mass is 9.90. The zero-order valence-corrected chi connectivity index (χ0v) is 14.9. The van der Waals surface area contributed by atoms with E-state index in [1.807, 2.05) is 36.4 Å². The summed E-state index contributed by atoms with van der Waals surface area (Å²) in [4.78, 5) is 12.4. The first kappa shape index (κ1) is 16.8. The van der Waals surface area contributed by atoms with Crippen LogP contribution >= 0.6 is 15.9 Å². The fourth-order valence-corrected chi connectivity index (χ4v) is 3.69. The van der Waals surface area contributed by atoms with Gasteiger partial charge in [-0.05, 0) is 52.4 Å². The molecule has 2 aliphatic rings. The van der Waals surface area contributed by atoms with Crippen LogP contribution in [0.4, 0.5) is 5.69 Å². The van der Waals surface area contributed by atoms with Crippen LogP contribution in [0, 0.1) is 17.2 Å². The summed E-state index contributed by atoms with van der Waals surface area (Å²) in [5.41, 5.74) is 2.33. The Balaban J connectivity index is 1.76. The predicted molar refractivity (Wildman–Crippen MR) is 97.1 cm³/mol. The normalized spacial score (nSPS) is 19.4. The van der Waals surface area contributed by atoms with E-state index in [0.717, 1.165) is 24.1 Å². The van der Waals surface area contributed by atoms with Gasteiger partial charge in [-0.3, -0.25) is 0 Å². The van der Waals surface area contributed by atoms with E-state index in [-0.39, 0.29) is 5.57 Å². The maximum absolute atomic E-state index is 12.4. The van der Waals surface area contributed by atoms with Crippen molar-refractivity contribution in [2.24, 2.45) is 5.92 Å². The number of nitriles is 1. The Hall–Kier alpha value is -2.06. The van der Waals surface area contributed by atoms with Crippen LogP contribution in [0.25, 0.3) is 6.08 Å². The molecule has 5 heteroatoms. The minimum atomic E-state index is -0.560. The van der Waals surface area contributed by atoms with Gasteiger partial charge in [0.05, 0.1) is 12.3 Å². The maximum atomic E-state index is 12.4. The molecule has 3 rings (SSSR count). The van der Waals surface area contributed by atoms with Crippen molar-refractivity contribution in [3.63, 3.8) is 0 Å². The number of hydrogen-bond donors (Lipinski definition) is 1. The topological polar surface area (TPSA) is 62.1 Å². The number of rotatable bonds is 3. The number of nitrogens with zero attached hydrogens (tertiary/aromatic N) is 1. The number of benzene rings is 1. The third-order valence-electron chi connectivity index (χ3n) is 4.48. The summed E-state index contributed by atoms with van der Waals surface area (Å²) in [5, 5.41) is 12.6. The Morgan fingerprint density at radius 3 is 2.79 bits per heavy atom. The molecule has 1 aliphatic carbocycles. The zero-order chi connectivity index (χ0) is 16.9. The molecule has 1 fully saturated rings. The van der Waals surface area contributed by atoms with Crippen molar-refractivity contribution < 1.29 is 9.53 Å². The van der Waals surface area contributed by atoms with E-state index < -0.39 is 5.97 Å². The van der Waals surface area contributed by atoms with Crippen molar-refractivity contribution in [1.82, 2.24) is 0 Å². The van der Waals surface area contributed by atoms with Crippen molar-refractivity contribution in [3.8, 4) is 6.07 Å². The van der Waals surface area contributed by atoms with Crippen LogP contribution in [0.3, 0.4) is 0 Å². The van der Waals surface area contributed by atoms with Gasteiger partial charge in [-0.2, -0.15) is 5.26 Å². The number of carbonyl (C=O) groups excluding carboxylic acids is 1. The quantitative estimate of drug-likeness (QED) is 0.462. The van der Waals surface area contributed by atoms with Gasteiger partial charge in [0.1, 0.15) is 6.07 Å². The summed E-state index contributed by atoms with van der Waals surface area (Å²) >= 11 is 3.44. The number of esters is 1. The minimum absolute atomic E-state index is 0.00318. The van der Waals surface area contributed by atoms with E-state index in [4.69, 9.17) is 4.74 Å². The molecule has 0 atom stereocenters. The van der Waals surface area contributed by atoms with Gasteiger partial charge in [0.2, 0.25) is 0 Å². The number of hydrogen-bond acceptors (Lipinski definition) is 4. The molecule has 1 N–H and O–H groups in total. The molecule has 1 heterocycles. The Morgan fingerprint density at radius 2 is 2.04 bits per heavy atom. The Morgan fingerprint density at radius 1 is 1.29 bits per heavy atom. The predicted octanol–water partition coefficient (Wildman–Crippen LogP) is 4.75. The number of nitrogens with one attached hydrogen (secondary N) is 1. The highest BCUT2D eigenvalue weighted by Crippen LogP contribution is 2.34. The van der Waals surface area contributed by atoms with Crippen LogP contribution in [-0.2, 0) is 9.53 Å². The highest BCUT2D eigenvalue weighted by Gasteiger charge is 2.24. The first-order valence-corrected chi connectivity index (χ1v) is 9.03. The van der Waals surface area contributed by atoms with Crippen molar-refractivity contribution in [2.75, 3.05) is 11.9 Å². The fourth-order valence-electron chi connectivity index (χ4n) is 3.14. The third kappa shape index (κ3) is 3.70. The molecule has 1 aromatic rings. The van der Waals surface area contributed by atoms with E-state index in [1.54, 1.807) is 0 Å². The zero-order valence-electron chi connectivity index (χ0n) is 13.3. The van der Waals surface area contributed by atoms with Gasteiger partial charge >= 0.3 is 5.97 Å². The molecule has 0 aromatic heterocycles. The maximum Gasteiger partial charge on any atom is 0.351 e. The monoisotopic (exact) mass is 386 g/mol. The molecule has 24 heavy (non-hydrogen) atoms. The molecular weight excluding hydrogens is 368 g/mol. The van der Waals surface area contributed by atoms with Crippen molar-refractivity contribution in [3.05, 3.63) is 45.6 Å². The van der Waals surface area contributed by atoms with E-state index in [1.165, 1.54) is 19.3 Å². The summed E-state index contributed by atoms with van der Waals surface area (Å²) < 4.78 is 6.09. The summed E-state index contributed by atoms with van der Waals surface area (Å²) in [5.74, 6) is -0.137. The standard InChI is InChI=1S/C19H19BrN2O2/c20-16-10-14-8-4-5-9-17(14)22-18(16)15(11-21)19(23)24-12-13-6-2-1-3-7-13/h4-5,8-10,13,22H,1-3,6-7,12H2/b18-15+. The molecule has 124 valence electrons. The first-order valence-electron chi connectivity index (χ1n) is 8.24. The largest absolute Gasteiger partial charge is 0.461 e. The van der Waals surface area contributed by atoms with Gasteiger partial charge in [0.25, 0.3) is 0 Å². The van der Waals surface area contributed by atoms with Crippen molar-refractivity contribution in [2.45, 2.75) is 32.1 Å². The molecule has 0 radical (unpaired) electrons. The van der Waals surface area contributed by atoms with Gasteiger partial charge in [-0.25, -0.2) is 4.79 Å². The Kier molecular flexibility index (Phi) is 5.37. The molecule has 0 saturated heterocycles. The average Bonchev–Trinajstić information content (AvgIpc) is 2.62. The van der Waals surface area contributed by atoms with Gasteiger partial charge in [-0.1, -0.05) is 37.5 Å². The van der Waals surface area contributed by atoms with E-state index in [9.17, 15) is 10.1 Å². The number of ether oxygens (including phenoxy) is 1. The van der Waals surface area contributed by atoms with Crippen molar-refractivity contribution in [1.29, 1.82) is 5.26 Å². The molecular formula is C19H19BrN2O2. The minimum Gasteiger partial charge on any atom is -0.461 e. The van der Waals surface area contributed by atoms with Gasteiger partial charge < -0.3 is 10.1 Å². The number of anilines is 1. The number of halogens is 1. The lowest BCUT2D eigenvalue weighted by molar-refractivity contribution is -0.140. The van der Waals surface area contributed by atoms with Gasteiger partial charge in [0, 0.05) is 10.2 Å². The number of carbonyl (C=O) groups is 1. The highest BCUT2D eigenvalue weighted by molar-refractivity contribution is 9.12. The summed E-state index contributed by atoms with van der Waals surface area (Å²) in [7, 11) is 0. The van der Waals surface area contributed by atoms with Gasteiger partial charge in [0.15, 0.2) is 5.57 Å². The fraction of sp³-hybridized carbons (Fsp3) is 0.368. The second-order valence-corrected chi connectivity index (χ2v) is 7.02.